The number of nitrogens with one attached hydrogen (secondary N) is 1. The summed E-state index contributed by atoms with van der Waals surface area (Å²) in [6, 6.07) is 15.1. The molecule has 2 aliphatic heterocycles. The molecule has 3 heterocycles. The summed E-state index contributed by atoms with van der Waals surface area (Å²) in [6.45, 7) is 5.30. The van der Waals surface area contributed by atoms with Crippen LogP contribution in [0.5, 0.6) is 0 Å². The summed E-state index contributed by atoms with van der Waals surface area (Å²) in [4.78, 5) is 16.7. The van der Waals surface area contributed by atoms with Crippen molar-refractivity contribution >= 4 is 39.0 Å². The zero-order valence-electron chi connectivity index (χ0n) is 16.6. The molecule has 1 N–H and O–H groups in total. The van der Waals surface area contributed by atoms with Crippen molar-refractivity contribution < 1.29 is 4.79 Å². The summed E-state index contributed by atoms with van der Waals surface area (Å²) in [5, 5.41) is 4.31. The minimum atomic E-state index is 0.141. The first kappa shape index (κ1) is 18.6. The molecular weight excluding hydrogens is 380 g/mol. The number of benzene rings is 2. The lowest BCUT2D eigenvalue weighted by Gasteiger charge is -2.35. The molecule has 150 valence electrons. The van der Waals surface area contributed by atoms with Gasteiger partial charge in [0.05, 0.1) is 4.70 Å². The smallest absolute Gasteiger partial charge is 0.224 e. The lowest BCUT2D eigenvalue weighted by molar-refractivity contribution is -0.116. The summed E-state index contributed by atoms with van der Waals surface area (Å²) in [7, 11) is 0. The Bertz CT molecular complexity index is 1020. The van der Waals surface area contributed by atoms with Crippen molar-refractivity contribution in [1.82, 2.24) is 9.27 Å². The van der Waals surface area contributed by atoms with Crippen molar-refractivity contribution in [3.63, 3.8) is 0 Å². The van der Waals surface area contributed by atoms with Crippen LogP contribution in [0, 0.1) is 0 Å². The third-order valence-electron chi connectivity index (χ3n) is 6.04. The number of piperazine rings is 1. The highest BCUT2D eigenvalue weighted by Gasteiger charge is 2.20. The van der Waals surface area contributed by atoms with Gasteiger partial charge in [-0.3, -0.25) is 9.69 Å². The monoisotopic (exact) mass is 406 g/mol. The Morgan fingerprint density at radius 1 is 1.03 bits per heavy atom. The maximum absolute atomic E-state index is 11.7. The Balaban J connectivity index is 1.17. The molecule has 5 nitrogen and oxygen atoms in total. The van der Waals surface area contributed by atoms with Crippen LogP contribution in [0.4, 0.5) is 11.5 Å². The van der Waals surface area contributed by atoms with Gasteiger partial charge in [0, 0.05) is 50.2 Å². The molecule has 2 aliphatic rings. The van der Waals surface area contributed by atoms with E-state index in [1.54, 1.807) is 11.5 Å². The number of carbonyl (C=O) groups excluding carboxylic acids is 1. The number of aromatic nitrogens is 1. The molecule has 1 aromatic heterocycles. The standard InChI is InChI=1S/C23H26N4OS/c28-22-7-3-4-18-16-17(8-9-20(18)24-22)10-11-26-12-14-27(15-13-26)23-19-5-1-2-6-21(19)29-25-23/h1-2,5-6,8-9,16H,3-4,7,10-15H2,(H,24,28). The van der Waals surface area contributed by atoms with Crippen LogP contribution >= 0.6 is 11.5 Å². The lowest BCUT2D eigenvalue weighted by atomic mass is 10.0. The van der Waals surface area contributed by atoms with Crippen LogP contribution in [0.15, 0.2) is 42.5 Å². The molecule has 0 atom stereocenters. The highest BCUT2D eigenvalue weighted by molar-refractivity contribution is 7.13. The van der Waals surface area contributed by atoms with Gasteiger partial charge < -0.3 is 10.2 Å². The Labute approximate surface area is 175 Å². The Kier molecular flexibility index (Phi) is 5.21. The highest BCUT2D eigenvalue weighted by Crippen LogP contribution is 2.30. The summed E-state index contributed by atoms with van der Waals surface area (Å²) in [5.41, 5.74) is 3.65. The van der Waals surface area contributed by atoms with Crippen LogP contribution in [0.3, 0.4) is 0 Å². The van der Waals surface area contributed by atoms with Gasteiger partial charge in [-0.2, -0.15) is 4.37 Å². The largest absolute Gasteiger partial charge is 0.353 e. The minimum absolute atomic E-state index is 0.141. The summed E-state index contributed by atoms with van der Waals surface area (Å²) >= 11 is 1.60. The number of carbonyl (C=O) groups is 1. The van der Waals surface area contributed by atoms with Gasteiger partial charge in [0.15, 0.2) is 0 Å². The van der Waals surface area contributed by atoms with Crippen LogP contribution in [0.1, 0.15) is 24.0 Å². The zero-order chi connectivity index (χ0) is 19.6. The van der Waals surface area contributed by atoms with Gasteiger partial charge >= 0.3 is 0 Å². The van der Waals surface area contributed by atoms with Crippen molar-refractivity contribution in [2.45, 2.75) is 25.7 Å². The molecule has 0 radical (unpaired) electrons. The quantitative estimate of drug-likeness (QED) is 0.713. The molecule has 0 saturated carbocycles. The van der Waals surface area contributed by atoms with Crippen molar-refractivity contribution in [1.29, 1.82) is 0 Å². The fourth-order valence-corrected chi connectivity index (χ4v) is 5.15. The Morgan fingerprint density at radius 3 is 2.79 bits per heavy atom. The number of amides is 1. The van der Waals surface area contributed by atoms with E-state index >= 15 is 0 Å². The van der Waals surface area contributed by atoms with E-state index in [4.69, 9.17) is 4.37 Å². The van der Waals surface area contributed by atoms with E-state index in [9.17, 15) is 4.79 Å². The second kappa shape index (κ2) is 8.13. The van der Waals surface area contributed by atoms with Crippen LogP contribution < -0.4 is 10.2 Å². The number of nitrogens with zero attached hydrogens (tertiary/aromatic N) is 3. The van der Waals surface area contributed by atoms with E-state index in [0.29, 0.717) is 6.42 Å². The fourth-order valence-electron chi connectivity index (χ4n) is 4.35. The van der Waals surface area contributed by atoms with Gasteiger partial charge in [0.2, 0.25) is 5.91 Å². The molecule has 0 aliphatic carbocycles. The first-order valence-corrected chi connectivity index (χ1v) is 11.3. The van der Waals surface area contributed by atoms with Gasteiger partial charge in [0.25, 0.3) is 0 Å². The van der Waals surface area contributed by atoms with Crippen molar-refractivity contribution in [2.75, 3.05) is 42.9 Å². The molecular formula is C23H26N4OS. The molecule has 29 heavy (non-hydrogen) atoms. The van der Waals surface area contributed by atoms with E-state index in [-0.39, 0.29) is 5.91 Å². The van der Waals surface area contributed by atoms with Crippen molar-refractivity contribution in [2.24, 2.45) is 0 Å². The van der Waals surface area contributed by atoms with Gasteiger partial charge in [-0.1, -0.05) is 24.3 Å². The first-order chi connectivity index (χ1) is 14.3. The number of aryl methyl sites for hydroxylation is 1. The zero-order valence-corrected chi connectivity index (χ0v) is 17.4. The number of hydrogen-bond donors (Lipinski definition) is 1. The van der Waals surface area contributed by atoms with Gasteiger partial charge in [0.1, 0.15) is 5.82 Å². The van der Waals surface area contributed by atoms with Crippen LogP contribution in [-0.4, -0.2) is 47.9 Å². The van der Waals surface area contributed by atoms with Crippen LogP contribution in [-0.2, 0) is 17.6 Å². The third-order valence-corrected chi connectivity index (χ3v) is 6.86. The number of fused-ring (bicyclic) bond motifs is 2. The van der Waals surface area contributed by atoms with Crippen LogP contribution in [0.25, 0.3) is 10.1 Å². The molecule has 1 fully saturated rings. The maximum atomic E-state index is 11.7. The van der Waals surface area contributed by atoms with E-state index in [1.165, 1.54) is 21.2 Å². The average molecular weight is 407 g/mol. The number of rotatable bonds is 4. The second-order valence-corrected chi connectivity index (χ2v) is 8.78. The maximum Gasteiger partial charge on any atom is 0.224 e. The summed E-state index contributed by atoms with van der Waals surface area (Å²) < 4.78 is 5.98. The topological polar surface area (TPSA) is 48.5 Å². The molecule has 2 aromatic carbocycles. The SMILES string of the molecule is O=C1CCCc2cc(CCN3CCN(c4nsc5ccccc45)CC3)ccc2N1. The Morgan fingerprint density at radius 2 is 1.90 bits per heavy atom. The summed E-state index contributed by atoms with van der Waals surface area (Å²) in [5.74, 6) is 1.29. The normalized spacial score (nSPS) is 17.8. The van der Waals surface area contributed by atoms with Crippen LogP contribution in [0.2, 0.25) is 0 Å². The number of hydrogen-bond acceptors (Lipinski definition) is 5. The van der Waals surface area contributed by atoms with Crippen molar-refractivity contribution in [3.8, 4) is 0 Å². The predicted octanol–water partition coefficient (Wildman–Crippen LogP) is 3.94. The van der Waals surface area contributed by atoms with Gasteiger partial charge in [-0.05, 0) is 60.1 Å². The molecule has 0 spiro atoms. The second-order valence-electron chi connectivity index (χ2n) is 7.97. The highest BCUT2D eigenvalue weighted by atomic mass is 32.1. The molecule has 1 saturated heterocycles. The lowest BCUT2D eigenvalue weighted by Crippen LogP contribution is -2.47. The average Bonchev–Trinajstić information content (AvgIpc) is 3.09. The molecule has 5 rings (SSSR count). The number of anilines is 2. The molecule has 6 heteroatoms. The van der Waals surface area contributed by atoms with E-state index < -0.39 is 0 Å². The van der Waals surface area contributed by atoms with Crippen molar-refractivity contribution in [3.05, 3.63) is 53.6 Å². The first-order valence-electron chi connectivity index (χ1n) is 10.5. The molecule has 0 unspecified atom stereocenters. The third kappa shape index (κ3) is 4.00. The fraction of sp³-hybridized carbons (Fsp3) is 0.391. The minimum Gasteiger partial charge on any atom is -0.353 e. The molecule has 0 bridgehead atoms. The van der Waals surface area contributed by atoms with E-state index in [2.05, 4.69) is 57.6 Å². The Hall–Kier alpha value is -2.44. The predicted molar refractivity (Wildman–Crippen MR) is 120 cm³/mol. The molecule has 1 amide bonds. The van der Waals surface area contributed by atoms with Gasteiger partial charge in [-0.25, -0.2) is 0 Å². The van der Waals surface area contributed by atoms with Gasteiger partial charge in [-0.15, -0.1) is 0 Å². The molecule has 3 aromatic rings. The van der Waals surface area contributed by atoms with E-state index in [0.717, 1.165) is 63.5 Å². The summed E-state index contributed by atoms with van der Waals surface area (Å²) in [6.07, 6.45) is 3.61. The van der Waals surface area contributed by atoms with E-state index in [1.807, 2.05) is 0 Å².